The van der Waals surface area contributed by atoms with Gasteiger partial charge >= 0.3 is 0 Å². The van der Waals surface area contributed by atoms with Crippen molar-refractivity contribution in [1.82, 2.24) is 19.2 Å². The second-order valence-corrected chi connectivity index (χ2v) is 6.28. The molecule has 25 heavy (non-hydrogen) atoms. The second kappa shape index (κ2) is 6.55. The largest absolute Gasteiger partial charge is 0.334 e. The summed E-state index contributed by atoms with van der Waals surface area (Å²) >= 11 is 0. The van der Waals surface area contributed by atoms with Crippen LogP contribution >= 0.6 is 0 Å². The fraction of sp³-hybridized carbons (Fsp3) is 0.263. The lowest BCUT2D eigenvalue weighted by Crippen LogP contribution is -2.38. The van der Waals surface area contributed by atoms with Gasteiger partial charge in [-0.2, -0.15) is 5.10 Å². The fourth-order valence-electron chi connectivity index (χ4n) is 3.43. The van der Waals surface area contributed by atoms with E-state index in [0.29, 0.717) is 24.3 Å². The minimum atomic E-state index is -0.398. The summed E-state index contributed by atoms with van der Waals surface area (Å²) in [6.07, 6.45) is 9.08. The molecule has 1 saturated heterocycles. The van der Waals surface area contributed by atoms with Crippen LogP contribution in [0.5, 0.6) is 0 Å². The second-order valence-electron chi connectivity index (χ2n) is 6.28. The van der Waals surface area contributed by atoms with Crippen LogP contribution in [0.4, 0.5) is 4.39 Å². The van der Waals surface area contributed by atoms with Gasteiger partial charge < -0.3 is 9.47 Å². The highest BCUT2D eigenvalue weighted by Crippen LogP contribution is 2.23. The van der Waals surface area contributed by atoms with Crippen molar-refractivity contribution in [2.45, 2.75) is 25.4 Å². The van der Waals surface area contributed by atoms with Gasteiger partial charge in [0, 0.05) is 36.9 Å². The average Bonchev–Trinajstić information content (AvgIpc) is 3.37. The zero-order valence-corrected chi connectivity index (χ0v) is 13.8. The number of halogens is 1. The molecule has 0 bridgehead atoms. The number of nitrogens with zero attached hydrogens (tertiary/aromatic N) is 4. The average molecular weight is 338 g/mol. The molecule has 1 atom stereocenters. The van der Waals surface area contributed by atoms with E-state index in [2.05, 4.69) is 5.10 Å². The van der Waals surface area contributed by atoms with Gasteiger partial charge in [-0.05, 0) is 49.2 Å². The molecule has 0 saturated carbocycles. The van der Waals surface area contributed by atoms with Crippen LogP contribution in [-0.4, -0.2) is 37.7 Å². The molecule has 1 aromatic carbocycles. The van der Waals surface area contributed by atoms with E-state index in [1.54, 1.807) is 35.3 Å². The number of likely N-dealkylation sites (tertiary alicyclic amines) is 1. The number of benzene rings is 1. The van der Waals surface area contributed by atoms with Gasteiger partial charge in [0.15, 0.2) is 0 Å². The molecular weight excluding hydrogens is 319 g/mol. The smallest absolute Gasteiger partial charge is 0.254 e. The molecule has 1 aliphatic rings. The minimum absolute atomic E-state index is 0.0968. The number of amides is 1. The Labute approximate surface area is 145 Å². The molecule has 0 radical (unpaired) electrons. The third kappa shape index (κ3) is 3.07. The molecule has 1 aliphatic heterocycles. The fourth-order valence-corrected chi connectivity index (χ4v) is 3.43. The van der Waals surface area contributed by atoms with E-state index in [-0.39, 0.29) is 11.9 Å². The monoisotopic (exact) mass is 338 g/mol. The summed E-state index contributed by atoms with van der Waals surface area (Å²) in [5, 5.41) is 4.22. The van der Waals surface area contributed by atoms with Gasteiger partial charge in [-0.15, -0.1) is 0 Å². The van der Waals surface area contributed by atoms with Gasteiger partial charge in [0.05, 0.1) is 18.3 Å². The highest BCUT2D eigenvalue weighted by atomic mass is 19.1. The maximum Gasteiger partial charge on any atom is 0.254 e. The maximum absolute atomic E-state index is 14.5. The zero-order chi connectivity index (χ0) is 17.2. The van der Waals surface area contributed by atoms with Crippen LogP contribution in [-0.2, 0) is 6.54 Å². The van der Waals surface area contributed by atoms with Gasteiger partial charge in [0.25, 0.3) is 5.91 Å². The Morgan fingerprint density at radius 1 is 1.20 bits per heavy atom. The van der Waals surface area contributed by atoms with E-state index in [4.69, 9.17) is 0 Å². The van der Waals surface area contributed by atoms with Gasteiger partial charge in [-0.25, -0.2) is 4.39 Å². The van der Waals surface area contributed by atoms with E-state index < -0.39 is 5.82 Å². The van der Waals surface area contributed by atoms with Crippen molar-refractivity contribution in [1.29, 1.82) is 0 Å². The molecule has 2 aromatic heterocycles. The van der Waals surface area contributed by atoms with Crippen molar-refractivity contribution >= 4 is 5.91 Å². The van der Waals surface area contributed by atoms with Gasteiger partial charge in [0.2, 0.25) is 0 Å². The standard InChI is InChI=1S/C19H19FN4O/c20-17-13-15(6-7-18(17)22-9-1-2-10-22)19(25)24-12-3-5-16(24)14-23-11-4-8-21-23/h1-2,4,6-11,13,16H,3,5,12,14H2/t16-/m1/s1. The van der Waals surface area contributed by atoms with Crippen LogP contribution in [0.3, 0.4) is 0 Å². The van der Waals surface area contributed by atoms with E-state index in [9.17, 15) is 9.18 Å². The lowest BCUT2D eigenvalue weighted by Gasteiger charge is -2.25. The highest BCUT2D eigenvalue weighted by Gasteiger charge is 2.30. The van der Waals surface area contributed by atoms with E-state index in [1.165, 1.54) is 6.07 Å². The van der Waals surface area contributed by atoms with Crippen molar-refractivity contribution in [3.05, 3.63) is 72.6 Å². The quantitative estimate of drug-likeness (QED) is 0.733. The molecule has 0 spiro atoms. The molecule has 0 N–H and O–H groups in total. The van der Waals surface area contributed by atoms with E-state index in [1.807, 2.05) is 34.0 Å². The summed E-state index contributed by atoms with van der Waals surface area (Å²) in [6.45, 7) is 1.37. The van der Waals surface area contributed by atoms with Gasteiger partial charge in [-0.1, -0.05) is 0 Å². The van der Waals surface area contributed by atoms with Crippen molar-refractivity contribution < 1.29 is 9.18 Å². The number of hydrogen-bond donors (Lipinski definition) is 0. The van der Waals surface area contributed by atoms with Crippen LogP contribution in [0.25, 0.3) is 5.69 Å². The lowest BCUT2D eigenvalue weighted by atomic mass is 10.1. The van der Waals surface area contributed by atoms with Crippen LogP contribution in [0.15, 0.2) is 61.2 Å². The van der Waals surface area contributed by atoms with Crippen LogP contribution < -0.4 is 0 Å². The summed E-state index contributed by atoms with van der Waals surface area (Å²) in [6, 6.07) is 10.3. The van der Waals surface area contributed by atoms with Crippen molar-refractivity contribution in [3.8, 4) is 5.69 Å². The molecule has 6 heteroatoms. The van der Waals surface area contributed by atoms with E-state index >= 15 is 0 Å². The first kappa shape index (κ1) is 15.6. The third-order valence-electron chi connectivity index (χ3n) is 4.67. The normalized spacial score (nSPS) is 17.2. The summed E-state index contributed by atoms with van der Waals surface area (Å²) in [7, 11) is 0. The van der Waals surface area contributed by atoms with Crippen LogP contribution in [0, 0.1) is 5.82 Å². The summed E-state index contributed by atoms with van der Waals surface area (Å²) in [4.78, 5) is 14.7. The van der Waals surface area contributed by atoms with Crippen molar-refractivity contribution in [2.75, 3.05) is 6.54 Å². The first-order chi connectivity index (χ1) is 12.2. The Bertz CT molecular complexity index is 858. The topological polar surface area (TPSA) is 43.1 Å². The number of aromatic nitrogens is 3. The molecule has 1 fully saturated rings. The van der Waals surface area contributed by atoms with E-state index in [0.717, 1.165) is 12.8 Å². The molecule has 0 unspecified atom stereocenters. The zero-order valence-electron chi connectivity index (χ0n) is 13.8. The Hall–Kier alpha value is -2.89. The predicted octanol–water partition coefficient (Wildman–Crippen LogP) is 3.12. The SMILES string of the molecule is O=C(c1ccc(-n2cccc2)c(F)c1)N1CCC[C@@H]1Cn1cccn1. The molecule has 5 nitrogen and oxygen atoms in total. The first-order valence-electron chi connectivity index (χ1n) is 8.43. The molecule has 3 heterocycles. The molecule has 0 aliphatic carbocycles. The third-order valence-corrected chi connectivity index (χ3v) is 4.67. The number of hydrogen-bond acceptors (Lipinski definition) is 2. The maximum atomic E-state index is 14.5. The number of carbonyl (C=O) groups excluding carboxylic acids is 1. The molecule has 4 rings (SSSR count). The number of rotatable bonds is 4. The predicted molar refractivity (Wildman–Crippen MR) is 92.0 cm³/mol. The minimum Gasteiger partial charge on any atom is -0.334 e. The van der Waals surface area contributed by atoms with Gasteiger partial charge in [-0.3, -0.25) is 9.48 Å². The summed E-state index contributed by atoms with van der Waals surface area (Å²) in [5.74, 6) is -0.516. The summed E-state index contributed by atoms with van der Waals surface area (Å²) in [5.41, 5.74) is 0.830. The molecule has 3 aromatic rings. The Balaban J connectivity index is 1.54. The summed E-state index contributed by atoms with van der Waals surface area (Å²) < 4.78 is 18.0. The highest BCUT2D eigenvalue weighted by molar-refractivity contribution is 5.94. The number of carbonyl (C=O) groups is 1. The van der Waals surface area contributed by atoms with Crippen molar-refractivity contribution in [3.63, 3.8) is 0 Å². The van der Waals surface area contributed by atoms with Crippen LogP contribution in [0.1, 0.15) is 23.2 Å². The van der Waals surface area contributed by atoms with Crippen molar-refractivity contribution in [2.24, 2.45) is 0 Å². The lowest BCUT2D eigenvalue weighted by molar-refractivity contribution is 0.0721. The Morgan fingerprint density at radius 2 is 2.04 bits per heavy atom. The Morgan fingerprint density at radius 3 is 2.76 bits per heavy atom. The molecule has 128 valence electrons. The molecule has 1 amide bonds. The Kier molecular flexibility index (Phi) is 4.09. The molecular formula is C19H19FN4O. The first-order valence-corrected chi connectivity index (χ1v) is 8.43. The van der Waals surface area contributed by atoms with Gasteiger partial charge in [0.1, 0.15) is 5.82 Å². The van der Waals surface area contributed by atoms with Crippen LogP contribution in [0.2, 0.25) is 0 Å².